The van der Waals surface area contributed by atoms with Gasteiger partial charge in [0.2, 0.25) is 0 Å². The number of aliphatic hydroxyl groups is 1. The monoisotopic (exact) mass is 410 g/mol. The summed E-state index contributed by atoms with van der Waals surface area (Å²) in [6.07, 6.45) is 0.0688. The van der Waals surface area contributed by atoms with Gasteiger partial charge in [-0.25, -0.2) is 14.4 Å². The lowest BCUT2D eigenvalue weighted by atomic mass is 9.94. The highest BCUT2D eigenvalue weighted by Crippen LogP contribution is 2.49. The van der Waals surface area contributed by atoms with Crippen molar-refractivity contribution < 1.29 is 22.7 Å². The highest BCUT2D eigenvalue weighted by atomic mass is 19.4. The summed E-state index contributed by atoms with van der Waals surface area (Å²) in [5.41, 5.74) is -1.15. The smallest absolute Gasteiger partial charge is 0.394 e. The van der Waals surface area contributed by atoms with Gasteiger partial charge in [-0.05, 0) is 49.4 Å². The number of nitrogens with zero attached hydrogens (tertiary/aromatic N) is 3. The number of alkyl halides is 3. The molecular formula is C20H22F4N4O. The first-order chi connectivity index (χ1) is 13.8. The second kappa shape index (κ2) is 7.44. The maximum atomic E-state index is 13.8. The Bertz CT molecular complexity index is 885. The zero-order chi connectivity index (χ0) is 20.6. The summed E-state index contributed by atoms with van der Waals surface area (Å²) in [7, 11) is 0. The van der Waals surface area contributed by atoms with Gasteiger partial charge in [0.1, 0.15) is 23.8 Å². The van der Waals surface area contributed by atoms with E-state index in [0.29, 0.717) is 42.7 Å². The molecule has 1 unspecified atom stereocenters. The number of halogens is 4. The predicted octanol–water partition coefficient (Wildman–Crippen LogP) is 3.74. The average Bonchev–Trinajstić information content (AvgIpc) is 3.33. The number of benzene rings is 1. The zero-order valence-corrected chi connectivity index (χ0v) is 15.7. The number of nitrogens with one attached hydrogen (secondary N) is 1. The molecule has 0 spiro atoms. The fourth-order valence-corrected chi connectivity index (χ4v) is 3.97. The van der Waals surface area contributed by atoms with E-state index in [1.54, 1.807) is 6.07 Å². The fraction of sp³-hybridized carbons (Fsp3) is 0.500. The lowest BCUT2D eigenvalue weighted by Crippen LogP contribution is -2.32. The summed E-state index contributed by atoms with van der Waals surface area (Å²) in [4.78, 5) is 10.5. The molecule has 2 N–H and O–H groups in total. The van der Waals surface area contributed by atoms with Gasteiger partial charge in [0, 0.05) is 24.6 Å². The molecule has 29 heavy (non-hydrogen) atoms. The molecule has 1 atom stereocenters. The van der Waals surface area contributed by atoms with Gasteiger partial charge in [0.25, 0.3) is 0 Å². The van der Waals surface area contributed by atoms with Gasteiger partial charge in [-0.1, -0.05) is 0 Å². The molecule has 4 rings (SSSR count). The Balaban J connectivity index is 1.50. The molecule has 1 aliphatic carbocycles. The minimum atomic E-state index is -4.58. The summed E-state index contributed by atoms with van der Waals surface area (Å²) in [6, 6.07) is 4.55. The first-order valence-electron chi connectivity index (χ1n) is 9.62. The molecule has 156 valence electrons. The van der Waals surface area contributed by atoms with Crippen molar-refractivity contribution in [2.24, 2.45) is 0 Å². The van der Waals surface area contributed by atoms with Crippen LogP contribution >= 0.6 is 0 Å². The van der Waals surface area contributed by atoms with E-state index in [0.717, 1.165) is 25.5 Å². The molecule has 1 saturated carbocycles. The third-order valence-corrected chi connectivity index (χ3v) is 5.83. The molecule has 5 nitrogen and oxygen atoms in total. The number of aromatic nitrogens is 2. The van der Waals surface area contributed by atoms with Crippen LogP contribution in [0.2, 0.25) is 0 Å². The van der Waals surface area contributed by atoms with Gasteiger partial charge >= 0.3 is 6.18 Å². The Morgan fingerprint density at radius 3 is 2.66 bits per heavy atom. The number of hydrogen-bond acceptors (Lipinski definition) is 5. The van der Waals surface area contributed by atoms with Crippen molar-refractivity contribution >= 4 is 11.6 Å². The van der Waals surface area contributed by atoms with E-state index < -0.39 is 23.0 Å². The molecule has 1 aromatic heterocycles. The molecule has 1 saturated heterocycles. The van der Waals surface area contributed by atoms with Crippen LogP contribution in [0.3, 0.4) is 0 Å². The van der Waals surface area contributed by atoms with Gasteiger partial charge < -0.3 is 15.3 Å². The van der Waals surface area contributed by atoms with Crippen LogP contribution in [-0.4, -0.2) is 40.8 Å². The molecule has 2 aromatic rings. The van der Waals surface area contributed by atoms with E-state index in [1.807, 2.05) is 4.90 Å². The van der Waals surface area contributed by atoms with Crippen LogP contribution in [0.4, 0.5) is 29.2 Å². The summed E-state index contributed by atoms with van der Waals surface area (Å²) in [5, 5.41) is 12.7. The number of rotatable bonds is 6. The predicted molar refractivity (Wildman–Crippen MR) is 100 cm³/mol. The van der Waals surface area contributed by atoms with Crippen molar-refractivity contribution in [2.45, 2.75) is 43.3 Å². The normalized spacial score (nSPS) is 20.7. The van der Waals surface area contributed by atoms with Crippen molar-refractivity contribution in [1.82, 2.24) is 9.97 Å². The number of aliphatic hydroxyl groups excluding tert-OH is 1. The van der Waals surface area contributed by atoms with Gasteiger partial charge in [0.15, 0.2) is 0 Å². The summed E-state index contributed by atoms with van der Waals surface area (Å²) in [5.74, 6) is 0.376. The molecule has 1 aromatic carbocycles. The highest BCUT2D eigenvalue weighted by Gasteiger charge is 2.45. The van der Waals surface area contributed by atoms with Gasteiger partial charge in [-0.2, -0.15) is 13.2 Å². The van der Waals surface area contributed by atoms with E-state index in [2.05, 4.69) is 15.3 Å². The third kappa shape index (κ3) is 4.14. The quantitative estimate of drug-likeness (QED) is 0.711. The molecular weight excluding hydrogens is 388 g/mol. The first kappa shape index (κ1) is 19.9. The Morgan fingerprint density at radius 2 is 1.97 bits per heavy atom. The molecule has 2 fully saturated rings. The number of hydrogen-bond donors (Lipinski definition) is 2. The van der Waals surface area contributed by atoms with E-state index in [9.17, 15) is 22.7 Å². The van der Waals surface area contributed by atoms with E-state index in [-0.39, 0.29) is 12.6 Å². The number of anilines is 2. The van der Waals surface area contributed by atoms with Crippen molar-refractivity contribution in [3.05, 3.63) is 47.5 Å². The van der Waals surface area contributed by atoms with Gasteiger partial charge in [-0.3, -0.25) is 0 Å². The topological polar surface area (TPSA) is 61.3 Å². The second-order valence-corrected chi connectivity index (χ2v) is 7.79. The minimum absolute atomic E-state index is 0.0283. The lowest BCUT2D eigenvalue weighted by molar-refractivity contribution is -0.137. The summed E-state index contributed by atoms with van der Waals surface area (Å²) >= 11 is 0. The molecule has 0 amide bonds. The molecule has 9 heteroatoms. The highest BCUT2D eigenvalue weighted by molar-refractivity contribution is 5.51. The van der Waals surface area contributed by atoms with E-state index >= 15 is 0 Å². The van der Waals surface area contributed by atoms with Crippen molar-refractivity contribution in [2.75, 3.05) is 29.9 Å². The van der Waals surface area contributed by atoms with Gasteiger partial charge in [-0.15, -0.1) is 0 Å². The summed E-state index contributed by atoms with van der Waals surface area (Å²) in [6.45, 7) is 1.21. The standard InChI is InChI=1S/C20H22F4N4O/c21-15-7-13(6-14(8-15)20(22,23)24)19(3-4-19)11-25-17-9-18(27-12-26-17)28-5-1-2-16(28)10-29/h6-9,12,16,29H,1-5,10-11H2,(H,25,26,27). The van der Waals surface area contributed by atoms with E-state index in [4.69, 9.17) is 0 Å². The molecule has 0 bridgehead atoms. The van der Waals surface area contributed by atoms with Crippen LogP contribution in [0.5, 0.6) is 0 Å². The molecule has 0 radical (unpaired) electrons. The summed E-state index contributed by atoms with van der Waals surface area (Å²) < 4.78 is 52.9. The lowest BCUT2D eigenvalue weighted by Gasteiger charge is -2.24. The zero-order valence-electron chi connectivity index (χ0n) is 15.7. The Kier molecular flexibility index (Phi) is 5.10. The molecule has 2 heterocycles. The van der Waals surface area contributed by atoms with Crippen LogP contribution in [0.1, 0.15) is 36.8 Å². The first-order valence-corrected chi connectivity index (χ1v) is 9.62. The average molecular weight is 410 g/mol. The third-order valence-electron chi connectivity index (χ3n) is 5.83. The fourth-order valence-electron chi connectivity index (χ4n) is 3.97. The second-order valence-electron chi connectivity index (χ2n) is 7.79. The van der Waals surface area contributed by atoms with Crippen molar-refractivity contribution in [1.29, 1.82) is 0 Å². The van der Waals surface area contributed by atoms with Crippen molar-refractivity contribution in [3.63, 3.8) is 0 Å². The van der Waals surface area contributed by atoms with E-state index in [1.165, 1.54) is 12.4 Å². The van der Waals surface area contributed by atoms with Crippen LogP contribution in [0.15, 0.2) is 30.6 Å². The molecule has 1 aliphatic heterocycles. The SMILES string of the molecule is OCC1CCCN1c1cc(NCC2(c3cc(F)cc(C(F)(F)F)c3)CC2)ncn1. The minimum Gasteiger partial charge on any atom is -0.394 e. The Labute approximate surface area is 165 Å². The van der Waals surface area contributed by atoms with Crippen LogP contribution in [-0.2, 0) is 11.6 Å². The van der Waals surface area contributed by atoms with Gasteiger partial charge in [0.05, 0.1) is 18.2 Å². The van der Waals surface area contributed by atoms with Crippen LogP contribution < -0.4 is 10.2 Å². The van der Waals surface area contributed by atoms with Crippen LogP contribution in [0, 0.1) is 5.82 Å². The molecule has 2 aliphatic rings. The maximum absolute atomic E-state index is 13.8. The Morgan fingerprint density at radius 1 is 1.17 bits per heavy atom. The Hall–Kier alpha value is -2.42. The van der Waals surface area contributed by atoms with Crippen molar-refractivity contribution in [3.8, 4) is 0 Å². The maximum Gasteiger partial charge on any atom is 0.416 e. The van der Waals surface area contributed by atoms with Crippen LogP contribution in [0.25, 0.3) is 0 Å². The largest absolute Gasteiger partial charge is 0.416 e.